The largest absolute Gasteiger partial charge is 0.481 e. The lowest BCUT2D eigenvalue weighted by atomic mass is 10.1. The number of amides is 1. The van der Waals surface area contributed by atoms with Crippen LogP contribution in [-0.4, -0.2) is 52.7 Å². The van der Waals surface area contributed by atoms with Crippen LogP contribution in [0, 0.1) is 13.8 Å². The van der Waals surface area contributed by atoms with Crippen LogP contribution in [0.25, 0.3) is 0 Å². The third kappa shape index (κ3) is 3.10. The van der Waals surface area contributed by atoms with Crippen LogP contribution in [0.4, 0.5) is 0 Å². The first-order chi connectivity index (χ1) is 8.99. The fourth-order valence-corrected chi connectivity index (χ4v) is 2.97. The number of carbonyl (C=O) groups excluding carboxylic acids is 1. The average Bonchev–Trinajstić information content (AvgIpc) is 2.67. The van der Waals surface area contributed by atoms with Gasteiger partial charge in [0.2, 0.25) is 0 Å². The molecule has 1 amide bonds. The van der Waals surface area contributed by atoms with Crippen molar-refractivity contribution < 1.29 is 19.4 Å². The zero-order chi connectivity index (χ0) is 14.0. The highest BCUT2D eigenvalue weighted by Gasteiger charge is 2.31. The molecule has 0 unspecified atom stereocenters. The number of aromatic nitrogens is 1. The second-order valence-electron chi connectivity index (χ2n) is 4.46. The number of morpholine rings is 1. The molecule has 0 radical (unpaired) electrons. The van der Waals surface area contributed by atoms with Crippen molar-refractivity contribution in [2.45, 2.75) is 26.3 Å². The van der Waals surface area contributed by atoms with E-state index in [-0.39, 0.29) is 18.9 Å². The van der Waals surface area contributed by atoms with Crippen LogP contribution < -0.4 is 0 Å². The number of carboxylic acid groups (broad SMARTS) is 1. The highest BCUT2D eigenvalue weighted by Crippen LogP contribution is 2.21. The lowest BCUT2D eigenvalue weighted by Gasteiger charge is -2.34. The van der Waals surface area contributed by atoms with Crippen molar-refractivity contribution >= 4 is 23.2 Å². The van der Waals surface area contributed by atoms with Crippen LogP contribution in [0.2, 0.25) is 0 Å². The van der Waals surface area contributed by atoms with Gasteiger partial charge in [0.25, 0.3) is 5.91 Å². The van der Waals surface area contributed by atoms with E-state index in [0.29, 0.717) is 18.8 Å². The Hall–Kier alpha value is -1.47. The van der Waals surface area contributed by atoms with Gasteiger partial charge in [-0.2, -0.15) is 0 Å². The summed E-state index contributed by atoms with van der Waals surface area (Å²) < 4.78 is 5.26. The van der Waals surface area contributed by atoms with Gasteiger partial charge in [-0.15, -0.1) is 11.3 Å². The van der Waals surface area contributed by atoms with Crippen LogP contribution in [0.5, 0.6) is 0 Å². The fourth-order valence-electron chi connectivity index (χ4n) is 2.16. The summed E-state index contributed by atoms with van der Waals surface area (Å²) in [6.45, 7) is 4.81. The van der Waals surface area contributed by atoms with Crippen molar-refractivity contribution in [1.82, 2.24) is 9.88 Å². The van der Waals surface area contributed by atoms with Gasteiger partial charge in [0.1, 0.15) is 5.69 Å². The molecule has 0 saturated carbocycles. The molecule has 1 aliphatic rings. The molecule has 0 bridgehead atoms. The molecular weight excluding hydrogens is 268 g/mol. The molecule has 0 aliphatic carbocycles. The van der Waals surface area contributed by atoms with Gasteiger partial charge in [-0.1, -0.05) is 0 Å². The number of rotatable bonds is 3. The van der Waals surface area contributed by atoms with Crippen molar-refractivity contribution in [2.24, 2.45) is 0 Å². The SMILES string of the molecule is Cc1nc(C(=O)N2CCOC[C@@H]2CC(=O)O)c(C)s1. The first-order valence-corrected chi connectivity index (χ1v) is 6.85. The molecular formula is C12H16N2O4S. The van der Waals surface area contributed by atoms with Crippen LogP contribution in [-0.2, 0) is 9.53 Å². The van der Waals surface area contributed by atoms with E-state index in [0.717, 1.165) is 9.88 Å². The van der Waals surface area contributed by atoms with Crippen molar-refractivity contribution in [3.63, 3.8) is 0 Å². The Kier molecular flexibility index (Phi) is 4.16. The maximum Gasteiger partial charge on any atom is 0.305 e. The molecule has 0 spiro atoms. The van der Waals surface area contributed by atoms with Gasteiger partial charge < -0.3 is 14.7 Å². The number of hydrogen-bond donors (Lipinski definition) is 1. The number of aliphatic carboxylic acids is 1. The van der Waals surface area contributed by atoms with E-state index in [1.165, 1.54) is 11.3 Å². The van der Waals surface area contributed by atoms with Crippen molar-refractivity contribution in [1.29, 1.82) is 0 Å². The van der Waals surface area contributed by atoms with Gasteiger partial charge in [0.05, 0.1) is 30.7 Å². The minimum atomic E-state index is -0.931. The Morgan fingerprint density at radius 3 is 2.84 bits per heavy atom. The van der Waals surface area contributed by atoms with E-state index in [2.05, 4.69) is 4.98 Å². The lowest BCUT2D eigenvalue weighted by molar-refractivity contribution is -0.139. The standard InChI is InChI=1S/C12H16N2O4S/c1-7-11(13-8(2)19-7)12(17)14-3-4-18-6-9(14)5-10(15)16/h9H,3-6H2,1-2H3,(H,15,16)/t9-/m0/s1. The smallest absolute Gasteiger partial charge is 0.305 e. The van der Waals surface area contributed by atoms with Gasteiger partial charge in [-0.25, -0.2) is 4.98 Å². The summed E-state index contributed by atoms with van der Waals surface area (Å²) >= 11 is 1.47. The molecule has 1 aliphatic heterocycles. The molecule has 2 heterocycles. The van der Waals surface area contributed by atoms with E-state index >= 15 is 0 Å². The second kappa shape index (κ2) is 5.66. The Labute approximate surface area is 115 Å². The number of nitrogens with zero attached hydrogens (tertiary/aromatic N) is 2. The van der Waals surface area contributed by atoms with E-state index in [1.807, 2.05) is 13.8 Å². The molecule has 1 fully saturated rings. The van der Waals surface area contributed by atoms with Crippen LogP contribution >= 0.6 is 11.3 Å². The minimum Gasteiger partial charge on any atom is -0.481 e. The normalized spacial score (nSPS) is 19.5. The van der Waals surface area contributed by atoms with Crippen molar-refractivity contribution in [3.8, 4) is 0 Å². The molecule has 2 rings (SSSR count). The number of carboxylic acids is 1. The van der Waals surface area contributed by atoms with Gasteiger partial charge >= 0.3 is 5.97 Å². The summed E-state index contributed by atoms with van der Waals surface area (Å²) in [7, 11) is 0. The number of thiazole rings is 1. The van der Waals surface area contributed by atoms with Crippen LogP contribution in [0.3, 0.4) is 0 Å². The lowest BCUT2D eigenvalue weighted by Crippen LogP contribution is -2.49. The highest BCUT2D eigenvalue weighted by atomic mass is 32.1. The van der Waals surface area contributed by atoms with Crippen LogP contribution in [0.1, 0.15) is 26.8 Å². The fraction of sp³-hybridized carbons (Fsp3) is 0.583. The van der Waals surface area contributed by atoms with Gasteiger partial charge in [-0.05, 0) is 13.8 Å². The van der Waals surface area contributed by atoms with Gasteiger partial charge in [0.15, 0.2) is 0 Å². The number of hydrogen-bond acceptors (Lipinski definition) is 5. The zero-order valence-corrected chi connectivity index (χ0v) is 11.7. The molecule has 1 aromatic rings. The Bertz CT molecular complexity index is 500. The van der Waals surface area contributed by atoms with Gasteiger partial charge in [-0.3, -0.25) is 9.59 Å². The second-order valence-corrected chi connectivity index (χ2v) is 5.87. The summed E-state index contributed by atoms with van der Waals surface area (Å²) in [4.78, 5) is 30.0. The predicted octanol–water partition coefficient (Wildman–Crippen LogP) is 1.08. The van der Waals surface area contributed by atoms with E-state index in [1.54, 1.807) is 4.90 Å². The average molecular weight is 284 g/mol. The number of ether oxygens (including phenoxy) is 1. The minimum absolute atomic E-state index is 0.103. The molecule has 1 aromatic heterocycles. The monoisotopic (exact) mass is 284 g/mol. The van der Waals surface area contributed by atoms with E-state index in [9.17, 15) is 9.59 Å². The molecule has 0 aromatic carbocycles. The first kappa shape index (κ1) is 14.0. The predicted molar refractivity (Wildman–Crippen MR) is 69.5 cm³/mol. The highest BCUT2D eigenvalue weighted by molar-refractivity contribution is 7.11. The maximum absolute atomic E-state index is 12.4. The Morgan fingerprint density at radius 2 is 2.26 bits per heavy atom. The molecule has 1 N–H and O–H groups in total. The van der Waals surface area contributed by atoms with E-state index in [4.69, 9.17) is 9.84 Å². The summed E-state index contributed by atoms with van der Waals surface area (Å²) in [5, 5.41) is 9.72. The Balaban J connectivity index is 2.19. The van der Waals surface area contributed by atoms with Crippen molar-refractivity contribution in [2.75, 3.05) is 19.8 Å². The zero-order valence-electron chi connectivity index (χ0n) is 10.9. The summed E-state index contributed by atoms with van der Waals surface area (Å²) in [6.07, 6.45) is -0.103. The molecule has 7 heteroatoms. The first-order valence-electron chi connectivity index (χ1n) is 6.03. The summed E-state index contributed by atoms with van der Waals surface area (Å²) in [6, 6.07) is -0.417. The number of carbonyl (C=O) groups is 2. The number of aryl methyl sites for hydroxylation is 2. The molecule has 1 atom stereocenters. The topological polar surface area (TPSA) is 79.7 Å². The quantitative estimate of drug-likeness (QED) is 0.898. The van der Waals surface area contributed by atoms with Gasteiger partial charge in [0, 0.05) is 11.4 Å². The summed E-state index contributed by atoms with van der Waals surface area (Å²) in [5.41, 5.74) is 0.430. The van der Waals surface area contributed by atoms with Crippen molar-refractivity contribution in [3.05, 3.63) is 15.6 Å². The molecule has 6 nitrogen and oxygen atoms in total. The van der Waals surface area contributed by atoms with E-state index < -0.39 is 12.0 Å². The molecule has 19 heavy (non-hydrogen) atoms. The summed E-state index contributed by atoms with van der Waals surface area (Å²) in [5.74, 6) is -1.13. The van der Waals surface area contributed by atoms with Crippen LogP contribution in [0.15, 0.2) is 0 Å². The molecule has 1 saturated heterocycles. The third-order valence-corrected chi connectivity index (χ3v) is 3.89. The third-order valence-electron chi connectivity index (χ3n) is 3.00. The maximum atomic E-state index is 12.4. The Morgan fingerprint density at radius 1 is 1.53 bits per heavy atom. The molecule has 104 valence electrons.